The molecule has 1 aliphatic carbocycles. The number of halogens is 1. The molecule has 1 fully saturated rings. The molecule has 2 heterocycles. The first-order valence-electron chi connectivity index (χ1n) is 7.28. The minimum absolute atomic E-state index is 0.216. The summed E-state index contributed by atoms with van der Waals surface area (Å²) < 4.78 is 1.00. The van der Waals surface area contributed by atoms with Gasteiger partial charge in [-0.3, -0.25) is 9.98 Å². The quantitative estimate of drug-likeness (QED) is 0.790. The number of pyridine rings is 1. The molecule has 0 amide bonds. The highest BCUT2D eigenvalue weighted by atomic mass is 79.9. The molecule has 1 aliphatic heterocycles. The van der Waals surface area contributed by atoms with Crippen LogP contribution in [0.25, 0.3) is 10.9 Å². The maximum atomic E-state index is 4.97. The van der Waals surface area contributed by atoms with Gasteiger partial charge in [0.15, 0.2) is 5.17 Å². The van der Waals surface area contributed by atoms with E-state index < -0.39 is 0 Å². The van der Waals surface area contributed by atoms with Crippen molar-refractivity contribution in [3.05, 3.63) is 34.9 Å². The van der Waals surface area contributed by atoms with E-state index in [0.717, 1.165) is 32.0 Å². The maximum Gasteiger partial charge on any atom is 0.161 e. The Bertz CT molecular complexity index is 723. The van der Waals surface area contributed by atoms with Crippen LogP contribution in [-0.4, -0.2) is 21.4 Å². The molecule has 1 saturated carbocycles. The summed E-state index contributed by atoms with van der Waals surface area (Å²) in [6, 6.07) is 8.31. The fourth-order valence-electron chi connectivity index (χ4n) is 3.19. The first kappa shape index (κ1) is 13.6. The van der Waals surface area contributed by atoms with Crippen molar-refractivity contribution in [1.82, 2.24) is 4.98 Å². The summed E-state index contributed by atoms with van der Waals surface area (Å²) in [5.41, 5.74) is 2.26. The van der Waals surface area contributed by atoms with Crippen LogP contribution < -0.4 is 5.32 Å². The molecule has 0 radical (unpaired) electrons. The van der Waals surface area contributed by atoms with Crippen molar-refractivity contribution in [3.63, 3.8) is 0 Å². The number of anilines is 1. The summed E-state index contributed by atoms with van der Waals surface area (Å²) in [4.78, 5) is 9.51. The number of aromatic nitrogens is 1. The van der Waals surface area contributed by atoms with Gasteiger partial charge in [-0.15, -0.1) is 0 Å². The molecular formula is C16H16BrN3S. The van der Waals surface area contributed by atoms with Gasteiger partial charge in [-0.25, -0.2) is 0 Å². The van der Waals surface area contributed by atoms with Gasteiger partial charge in [-0.1, -0.05) is 36.7 Å². The number of benzene rings is 1. The van der Waals surface area contributed by atoms with Crippen molar-refractivity contribution in [2.24, 2.45) is 4.99 Å². The molecule has 1 aromatic heterocycles. The molecule has 0 atom stereocenters. The van der Waals surface area contributed by atoms with Gasteiger partial charge < -0.3 is 5.32 Å². The third kappa shape index (κ3) is 2.57. The van der Waals surface area contributed by atoms with Crippen molar-refractivity contribution in [2.75, 3.05) is 11.1 Å². The number of fused-ring (bicyclic) bond motifs is 1. The lowest BCUT2D eigenvalue weighted by Crippen LogP contribution is -2.21. The third-order valence-electron chi connectivity index (χ3n) is 4.27. The van der Waals surface area contributed by atoms with Crippen LogP contribution >= 0.6 is 27.7 Å². The molecule has 1 N–H and O–H groups in total. The Morgan fingerprint density at radius 1 is 1.24 bits per heavy atom. The number of rotatable bonds is 1. The molecule has 2 aromatic rings. The lowest BCUT2D eigenvalue weighted by Gasteiger charge is -2.16. The highest BCUT2D eigenvalue weighted by Gasteiger charge is 2.38. The first-order valence-corrected chi connectivity index (χ1v) is 9.06. The third-order valence-corrected chi connectivity index (χ3v) is 5.85. The molecule has 108 valence electrons. The van der Waals surface area contributed by atoms with Gasteiger partial charge in [0.05, 0.1) is 16.7 Å². The SMILES string of the molecule is Brc1cnc2c(NC3=NC4(CCCC4)CS3)cccc2c1. The molecule has 5 heteroatoms. The van der Waals surface area contributed by atoms with Gasteiger partial charge in [-0.2, -0.15) is 0 Å². The first-order chi connectivity index (χ1) is 10.2. The summed E-state index contributed by atoms with van der Waals surface area (Å²) >= 11 is 5.32. The average Bonchev–Trinajstić information content (AvgIpc) is 3.09. The molecule has 0 unspecified atom stereocenters. The van der Waals surface area contributed by atoms with E-state index >= 15 is 0 Å². The van der Waals surface area contributed by atoms with Gasteiger partial charge in [0, 0.05) is 21.8 Å². The van der Waals surface area contributed by atoms with Crippen LogP contribution in [0.2, 0.25) is 0 Å². The normalized spacial score (nSPS) is 20.1. The predicted octanol–water partition coefficient (Wildman–Crippen LogP) is 4.82. The summed E-state index contributed by atoms with van der Waals surface area (Å²) in [5, 5.41) is 5.67. The number of hydrogen-bond donors (Lipinski definition) is 1. The number of nitrogens with zero attached hydrogens (tertiary/aromatic N) is 2. The minimum atomic E-state index is 0.216. The van der Waals surface area contributed by atoms with Crippen molar-refractivity contribution < 1.29 is 0 Å². The minimum Gasteiger partial charge on any atom is -0.333 e. The van der Waals surface area contributed by atoms with E-state index in [2.05, 4.69) is 50.5 Å². The lowest BCUT2D eigenvalue weighted by molar-refractivity contribution is 0.508. The highest BCUT2D eigenvalue weighted by molar-refractivity contribution is 9.10. The van der Waals surface area contributed by atoms with Crippen molar-refractivity contribution in [2.45, 2.75) is 31.2 Å². The van der Waals surface area contributed by atoms with E-state index in [-0.39, 0.29) is 5.54 Å². The van der Waals surface area contributed by atoms with Crippen LogP contribution in [0.1, 0.15) is 25.7 Å². The van der Waals surface area contributed by atoms with Crippen LogP contribution in [0.4, 0.5) is 5.69 Å². The molecule has 1 spiro atoms. The van der Waals surface area contributed by atoms with Gasteiger partial charge in [0.25, 0.3) is 0 Å². The Morgan fingerprint density at radius 2 is 2.10 bits per heavy atom. The zero-order valence-corrected chi connectivity index (χ0v) is 14.0. The van der Waals surface area contributed by atoms with E-state index in [1.807, 2.05) is 18.0 Å². The number of para-hydroxylation sites is 1. The molecule has 0 saturated heterocycles. The van der Waals surface area contributed by atoms with E-state index in [0.29, 0.717) is 0 Å². The van der Waals surface area contributed by atoms with Gasteiger partial charge in [0.1, 0.15) is 0 Å². The van der Waals surface area contributed by atoms with Crippen LogP contribution in [-0.2, 0) is 0 Å². The molecule has 21 heavy (non-hydrogen) atoms. The van der Waals surface area contributed by atoms with Crippen LogP contribution in [0.3, 0.4) is 0 Å². The van der Waals surface area contributed by atoms with E-state index in [1.165, 1.54) is 25.7 Å². The van der Waals surface area contributed by atoms with Crippen molar-refractivity contribution in [3.8, 4) is 0 Å². The Balaban J connectivity index is 1.66. The molecule has 2 aliphatic rings. The van der Waals surface area contributed by atoms with E-state index in [9.17, 15) is 0 Å². The second-order valence-electron chi connectivity index (χ2n) is 5.79. The maximum absolute atomic E-state index is 4.97. The summed E-state index contributed by atoms with van der Waals surface area (Å²) in [6.07, 6.45) is 6.97. The zero-order valence-electron chi connectivity index (χ0n) is 11.6. The van der Waals surface area contributed by atoms with Gasteiger partial charge in [-0.05, 0) is 40.9 Å². The number of hydrogen-bond acceptors (Lipinski definition) is 4. The lowest BCUT2D eigenvalue weighted by atomic mass is 10.0. The largest absolute Gasteiger partial charge is 0.333 e. The van der Waals surface area contributed by atoms with Crippen molar-refractivity contribution in [1.29, 1.82) is 0 Å². The van der Waals surface area contributed by atoms with Crippen LogP contribution in [0.5, 0.6) is 0 Å². The monoisotopic (exact) mass is 361 g/mol. The molecule has 1 aromatic carbocycles. The zero-order chi connectivity index (χ0) is 14.3. The Kier molecular flexibility index (Phi) is 3.42. The highest BCUT2D eigenvalue weighted by Crippen LogP contribution is 2.41. The summed E-state index contributed by atoms with van der Waals surface area (Å²) in [7, 11) is 0. The molecule has 3 nitrogen and oxygen atoms in total. The topological polar surface area (TPSA) is 37.3 Å². The molecule has 0 bridgehead atoms. The van der Waals surface area contributed by atoms with Crippen molar-refractivity contribution >= 4 is 49.4 Å². The van der Waals surface area contributed by atoms with E-state index in [4.69, 9.17) is 4.99 Å². The fraction of sp³-hybridized carbons (Fsp3) is 0.375. The smallest absolute Gasteiger partial charge is 0.161 e. The number of aliphatic imine (C=N–C) groups is 1. The number of thioether (sulfide) groups is 1. The van der Waals surface area contributed by atoms with E-state index in [1.54, 1.807) is 0 Å². The molecule has 4 rings (SSSR count). The van der Waals surface area contributed by atoms with Gasteiger partial charge in [0.2, 0.25) is 0 Å². The Hall–Kier alpha value is -1.07. The second kappa shape index (κ2) is 5.29. The number of amidine groups is 1. The summed E-state index contributed by atoms with van der Waals surface area (Å²) in [5.74, 6) is 1.12. The average molecular weight is 362 g/mol. The predicted molar refractivity (Wildman–Crippen MR) is 94.2 cm³/mol. The number of nitrogens with one attached hydrogen (secondary N) is 1. The fourth-order valence-corrected chi connectivity index (χ4v) is 4.73. The van der Waals surface area contributed by atoms with Gasteiger partial charge >= 0.3 is 0 Å². The standard InChI is InChI=1S/C16H16BrN3S/c17-12-8-11-4-3-5-13(14(11)18-9-12)19-15-20-16(10-21-15)6-1-2-7-16/h3-5,8-9H,1-2,6-7,10H2,(H,19,20). The van der Waals surface area contributed by atoms with Crippen LogP contribution in [0, 0.1) is 0 Å². The van der Waals surface area contributed by atoms with Crippen LogP contribution in [0.15, 0.2) is 39.9 Å². The second-order valence-corrected chi connectivity index (χ2v) is 7.67. The molecular weight excluding hydrogens is 346 g/mol. The Labute approximate surface area is 136 Å². The summed E-state index contributed by atoms with van der Waals surface area (Å²) in [6.45, 7) is 0. The Morgan fingerprint density at radius 3 is 2.95 bits per heavy atom.